The van der Waals surface area contributed by atoms with Gasteiger partial charge in [0, 0.05) is 11.6 Å². The van der Waals surface area contributed by atoms with Crippen molar-refractivity contribution in [3.8, 4) is 22.6 Å². The number of methoxy groups -OCH3 is 2. The van der Waals surface area contributed by atoms with E-state index in [0.29, 0.717) is 11.4 Å². The van der Waals surface area contributed by atoms with E-state index in [0.717, 1.165) is 16.9 Å². The minimum atomic E-state index is 0.604. The molecule has 0 saturated carbocycles. The molecule has 0 radical (unpaired) electrons. The van der Waals surface area contributed by atoms with E-state index in [1.807, 2.05) is 36.4 Å². The SMILES string of the molecule is COc1cc(OC)c(-c2ccccc2)cc1N. The van der Waals surface area contributed by atoms with Crippen LogP contribution in [0, 0.1) is 0 Å². The molecule has 3 heteroatoms. The molecule has 3 nitrogen and oxygen atoms in total. The number of nitrogen functional groups attached to an aromatic ring is 1. The van der Waals surface area contributed by atoms with Crippen LogP contribution in [0.4, 0.5) is 5.69 Å². The van der Waals surface area contributed by atoms with Gasteiger partial charge in [-0.3, -0.25) is 0 Å². The second kappa shape index (κ2) is 4.78. The highest BCUT2D eigenvalue weighted by Crippen LogP contribution is 2.37. The summed E-state index contributed by atoms with van der Waals surface area (Å²) in [7, 11) is 3.23. The van der Waals surface area contributed by atoms with Crippen LogP contribution in [0.2, 0.25) is 0 Å². The van der Waals surface area contributed by atoms with Crippen molar-refractivity contribution in [2.75, 3.05) is 20.0 Å². The lowest BCUT2D eigenvalue weighted by atomic mass is 10.0. The van der Waals surface area contributed by atoms with Crippen LogP contribution in [0.25, 0.3) is 11.1 Å². The number of hydrogen-bond acceptors (Lipinski definition) is 3. The number of nitrogens with two attached hydrogens (primary N) is 1. The van der Waals surface area contributed by atoms with Crippen molar-refractivity contribution < 1.29 is 9.47 Å². The van der Waals surface area contributed by atoms with E-state index in [9.17, 15) is 0 Å². The Morgan fingerprint density at radius 3 is 2.12 bits per heavy atom. The summed E-state index contributed by atoms with van der Waals surface area (Å²) >= 11 is 0. The van der Waals surface area contributed by atoms with Gasteiger partial charge in [-0.15, -0.1) is 0 Å². The molecule has 0 fully saturated rings. The van der Waals surface area contributed by atoms with Crippen molar-refractivity contribution in [2.45, 2.75) is 0 Å². The fourth-order valence-electron chi connectivity index (χ4n) is 1.77. The molecular weight excluding hydrogens is 214 g/mol. The summed E-state index contributed by atoms with van der Waals surface area (Å²) in [5.41, 5.74) is 8.55. The van der Waals surface area contributed by atoms with E-state index < -0.39 is 0 Å². The van der Waals surface area contributed by atoms with Crippen LogP contribution in [0.15, 0.2) is 42.5 Å². The fourth-order valence-corrected chi connectivity index (χ4v) is 1.77. The van der Waals surface area contributed by atoms with Gasteiger partial charge in [0.25, 0.3) is 0 Å². The first-order valence-electron chi connectivity index (χ1n) is 5.33. The van der Waals surface area contributed by atoms with Gasteiger partial charge in [-0.05, 0) is 11.6 Å². The van der Waals surface area contributed by atoms with Crippen molar-refractivity contribution >= 4 is 5.69 Å². The summed E-state index contributed by atoms with van der Waals surface area (Å²) in [5, 5.41) is 0. The molecule has 17 heavy (non-hydrogen) atoms. The number of ether oxygens (including phenoxy) is 2. The van der Waals surface area contributed by atoms with E-state index in [2.05, 4.69) is 0 Å². The Morgan fingerprint density at radius 1 is 0.882 bits per heavy atom. The normalized spacial score (nSPS) is 10.0. The molecule has 2 rings (SSSR count). The lowest BCUT2D eigenvalue weighted by Gasteiger charge is -2.12. The predicted octanol–water partition coefficient (Wildman–Crippen LogP) is 2.95. The van der Waals surface area contributed by atoms with Gasteiger partial charge in [-0.1, -0.05) is 30.3 Å². The number of rotatable bonds is 3. The first-order chi connectivity index (χ1) is 8.26. The van der Waals surface area contributed by atoms with Crippen LogP contribution >= 0.6 is 0 Å². The van der Waals surface area contributed by atoms with Crippen LogP contribution in [-0.4, -0.2) is 14.2 Å². The van der Waals surface area contributed by atoms with Crippen molar-refractivity contribution in [3.63, 3.8) is 0 Å². The molecule has 0 amide bonds. The maximum atomic E-state index is 5.91. The molecule has 0 heterocycles. The zero-order chi connectivity index (χ0) is 12.3. The van der Waals surface area contributed by atoms with Gasteiger partial charge in [0.2, 0.25) is 0 Å². The number of benzene rings is 2. The van der Waals surface area contributed by atoms with Crippen LogP contribution in [0.5, 0.6) is 11.5 Å². The topological polar surface area (TPSA) is 44.5 Å². The summed E-state index contributed by atoms with van der Waals surface area (Å²) < 4.78 is 10.5. The molecule has 88 valence electrons. The zero-order valence-electron chi connectivity index (χ0n) is 9.94. The molecule has 0 atom stereocenters. The highest BCUT2D eigenvalue weighted by atomic mass is 16.5. The average Bonchev–Trinajstić information content (AvgIpc) is 2.39. The van der Waals surface area contributed by atoms with Gasteiger partial charge in [-0.25, -0.2) is 0 Å². The van der Waals surface area contributed by atoms with Crippen molar-refractivity contribution in [2.24, 2.45) is 0 Å². The maximum absolute atomic E-state index is 5.91. The van der Waals surface area contributed by atoms with Gasteiger partial charge in [0.15, 0.2) is 0 Å². The summed E-state index contributed by atoms with van der Waals surface area (Å²) in [5.74, 6) is 1.38. The zero-order valence-corrected chi connectivity index (χ0v) is 9.94. The Labute approximate surface area is 101 Å². The standard InChI is InChI=1S/C14H15NO2/c1-16-13-9-14(17-2)12(15)8-11(13)10-6-4-3-5-7-10/h3-9H,15H2,1-2H3. The third-order valence-electron chi connectivity index (χ3n) is 2.64. The second-order valence-electron chi connectivity index (χ2n) is 3.66. The maximum Gasteiger partial charge on any atom is 0.145 e. The Morgan fingerprint density at radius 2 is 1.53 bits per heavy atom. The molecule has 0 aliphatic rings. The second-order valence-corrected chi connectivity index (χ2v) is 3.66. The summed E-state index contributed by atoms with van der Waals surface area (Å²) in [4.78, 5) is 0. The number of hydrogen-bond donors (Lipinski definition) is 1. The summed E-state index contributed by atoms with van der Waals surface area (Å²) in [6.07, 6.45) is 0. The first kappa shape index (κ1) is 11.3. The molecule has 0 saturated heterocycles. The molecule has 0 spiro atoms. The van der Waals surface area contributed by atoms with E-state index in [-0.39, 0.29) is 0 Å². The van der Waals surface area contributed by atoms with Gasteiger partial charge in [-0.2, -0.15) is 0 Å². The molecule has 2 N–H and O–H groups in total. The minimum absolute atomic E-state index is 0.604. The van der Waals surface area contributed by atoms with E-state index in [4.69, 9.17) is 15.2 Å². The highest BCUT2D eigenvalue weighted by Gasteiger charge is 2.10. The van der Waals surface area contributed by atoms with Crippen molar-refractivity contribution in [1.82, 2.24) is 0 Å². The largest absolute Gasteiger partial charge is 0.496 e. The van der Waals surface area contributed by atoms with Crippen LogP contribution < -0.4 is 15.2 Å². The predicted molar refractivity (Wildman–Crippen MR) is 69.4 cm³/mol. The first-order valence-corrected chi connectivity index (χ1v) is 5.33. The van der Waals surface area contributed by atoms with Gasteiger partial charge < -0.3 is 15.2 Å². The van der Waals surface area contributed by atoms with Crippen molar-refractivity contribution in [1.29, 1.82) is 0 Å². The third-order valence-corrected chi connectivity index (χ3v) is 2.64. The average molecular weight is 229 g/mol. The monoisotopic (exact) mass is 229 g/mol. The minimum Gasteiger partial charge on any atom is -0.496 e. The molecule has 0 aliphatic heterocycles. The molecule has 2 aromatic rings. The smallest absolute Gasteiger partial charge is 0.145 e. The van der Waals surface area contributed by atoms with Gasteiger partial charge in [0.05, 0.1) is 19.9 Å². The molecule has 0 aliphatic carbocycles. The van der Waals surface area contributed by atoms with Crippen LogP contribution in [0.3, 0.4) is 0 Å². The Balaban J connectivity index is 2.58. The molecular formula is C14H15NO2. The third kappa shape index (κ3) is 2.18. The summed E-state index contributed by atoms with van der Waals surface area (Å²) in [6, 6.07) is 13.6. The lowest BCUT2D eigenvalue weighted by Crippen LogP contribution is -1.96. The van der Waals surface area contributed by atoms with Crippen LogP contribution in [-0.2, 0) is 0 Å². The fraction of sp³-hybridized carbons (Fsp3) is 0.143. The highest BCUT2D eigenvalue weighted by molar-refractivity contribution is 5.77. The lowest BCUT2D eigenvalue weighted by molar-refractivity contribution is 0.397. The Kier molecular flexibility index (Phi) is 3.19. The molecule has 2 aromatic carbocycles. The van der Waals surface area contributed by atoms with E-state index >= 15 is 0 Å². The van der Waals surface area contributed by atoms with Gasteiger partial charge in [0.1, 0.15) is 11.5 Å². The van der Waals surface area contributed by atoms with Crippen molar-refractivity contribution in [3.05, 3.63) is 42.5 Å². The molecule has 0 aromatic heterocycles. The molecule has 0 unspecified atom stereocenters. The quantitative estimate of drug-likeness (QED) is 0.823. The Hall–Kier alpha value is -2.16. The molecule has 0 bridgehead atoms. The van der Waals surface area contributed by atoms with Gasteiger partial charge >= 0.3 is 0 Å². The number of anilines is 1. The van der Waals surface area contributed by atoms with E-state index in [1.54, 1.807) is 20.3 Å². The van der Waals surface area contributed by atoms with E-state index in [1.165, 1.54) is 0 Å². The Bertz CT molecular complexity index is 509. The van der Waals surface area contributed by atoms with Crippen LogP contribution in [0.1, 0.15) is 0 Å². The summed E-state index contributed by atoms with van der Waals surface area (Å²) in [6.45, 7) is 0.